The van der Waals surface area contributed by atoms with Gasteiger partial charge in [0.25, 0.3) is 0 Å². The van der Waals surface area contributed by atoms with E-state index in [0.29, 0.717) is 12.4 Å². The highest BCUT2D eigenvalue weighted by molar-refractivity contribution is 7.89. The van der Waals surface area contributed by atoms with Crippen LogP contribution in [0.2, 0.25) is 0 Å². The fourth-order valence-corrected chi connectivity index (χ4v) is 2.54. The van der Waals surface area contributed by atoms with Crippen LogP contribution in [-0.4, -0.2) is 18.2 Å². The molecule has 0 saturated carbocycles. The van der Waals surface area contributed by atoms with E-state index in [9.17, 15) is 8.42 Å². The van der Waals surface area contributed by atoms with E-state index in [1.807, 2.05) is 27.1 Å². The van der Waals surface area contributed by atoms with Crippen molar-refractivity contribution in [1.29, 1.82) is 0 Å². The van der Waals surface area contributed by atoms with Gasteiger partial charge < -0.3 is 4.74 Å². The molecular formula is C14H19N3O3S. The van der Waals surface area contributed by atoms with Crippen molar-refractivity contribution in [3.05, 3.63) is 41.7 Å². The van der Waals surface area contributed by atoms with E-state index in [1.165, 1.54) is 6.07 Å². The monoisotopic (exact) mass is 309 g/mol. The summed E-state index contributed by atoms with van der Waals surface area (Å²) in [6.07, 6.45) is 3.60. The highest BCUT2D eigenvalue weighted by atomic mass is 32.2. The zero-order chi connectivity index (χ0) is 15.6. The van der Waals surface area contributed by atoms with Gasteiger partial charge in [0.15, 0.2) is 0 Å². The van der Waals surface area contributed by atoms with Gasteiger partial charge in [-0.15, -0.1) is 0 Å². The van der Waals surface area contributed by atoms with Crippen LogP contribution in [0.3, 0.4) is 0 Å². The van der Waals surface area contributed by atoms with Crippen molar-refractivity contribution in [2.75, 3.05) is 0 Å². The molecule has 0 bridgehead atoms. The average Bonchev–Trinajstić information content (AvgIpc) is 2.80. The molecule has 0 spiro atoms. The third-order valence-corrected chi connectivity index (χ3v) is 4.00. The Morgan fingerprint density at radius 1 is 1.38 bits per heavy atom. The minimum Gasteiger partial charge on any atom is -0.488 e. The molecule has 7 heteroatoms. The van der Waals surface area contributed by atoms with Gasteiger partial charge in [0.2, 0.25) is 10.0 Å². The predicted octanol–water partition coefficient (Wildman–Crippen LogP) is 1.77. The first kappa shape index (κ1) is 15.5. The zero-order valence-electron chi connectivity index (χ0n) is 12.3. The Bertz CT molecular complexity index is 736. The van der Waals surface area contributed by atoms with Crippen molar-refractivity contribution >= 4 is 10.0 Å². The largest absolute Gasteiger partial charge is 0.488 e. The van der Waals surface area contributed by atoms with Gasteiger partial charge in [0.1, 0.15) is 12.4 Å². The summed E-state index contributed by atoms with van der Waals surface area (Å²) in [5, 5.41) is 9.24. The van der Waals surface area contributed by atoms with Gasteiger partial charge in [0.05, 0.1) is 11.1 Å². The molecule has 2 aromatic rings. The molecule has 0 unspecified atom stereocenters. The molecule has 0 fully saturated rings. The summed E-state index contributed by atoms with van der Waals surface area (Å²) in [5.41, 5.74) is 1.76. The summed E-state index contributed by atoms with van der Waals surface area (Å²) in [7, 11) is -1.87. The second-order valence-electron chi connectivity index (χ2n) is 5.21. The lowest BCUT2D eigenvalue weighted by Crippen LogP contribution is -2.13. The third kappa shape index (κ3) is 3.83. The normalized spacial score (nSPS) is 11.9. The van der Waals surface area contributed by atoms with Crippen LogP contribution in [0.4, 0.5) is 0 Å². The smallest absolute Gasteiger partial charge is 0.238 e. The van der Waals surface area contributed by atoms with E-state index in [4.69, 9.17) is 9.88 Å². The Morgan fingerprint density at radius 3 is 2.62 bits per heavy atom. The van der Waals surface area contributed by atoms with Crippen LogP contribution in [0.25, 0.3) is 0 Å². The summed E-state index contributed by atoms with van der Waals surface area (Å²) in [5.74, 6) is 0.775. The van der Waals surface area contributed by atoms with Crippen molar-refractivity contribution < 1.29 is 13.2 Å². The van der Waals surface area contributed by atoms with Crippen LogP contribution >= 0.6 is 0 Å². The standard InChI is InChI=1S/C14H19N3O3S/c1-10(2)13-6-12(21(15,18)19)4-5-14(13)20-9-11-7-16-17(3)8-11/h4-8,10H,9H2,1-3H3,(H2,15,18,19). The number of ether oxygens (including phenoxy) is 1. The highest BCUT2D eigenvalue weighted by Crippen LogP contribution is 2.29. The molecule has 0 amide bonds. The SMILES string of the molecule is CC(C)c1cc(S(N)(=O)=O)ccc1OCc1cnn(C)c1. The first-order valence-corrected chi connectivity index (χ1v) is 8.09. The molecule has 114 valence electrons. The number of nitrogens with two attached hydrogens (primary N) is 1. The molecule has 1 aromatic carbocycles. The molecule has 6 nitrogen and oxygen atoms in total. The van der Waals surface area contributed by atoms with E-state index < -0.39 is 10.0 Å². The number of aromatic nitrogens is 2. The van der Waals surface area contributed by atoms with Gasteiger partial charge in [-0.2, -0.15) is 5.10 Å². The number of sulfonamides is 1. The second kappa shape index (κ2) is 5.87. The second-order valence-corrected chi connectivity index (χ2v) is 6.77. The van der Waals surface area contributed by atoms with Gasteiger partial charge in [-0.3, -0.25) is 4.68 Å². The van der Waals surface area contributed by atoms with E-state index in [2.05, 4.69) is 5.10 Å². The lowest BCUT2D eigenvalue weighted by Gasteiger charge is -2.14. The molecule has 0 aliphatic carbocycles. The highest BCUT2D eigenvalue weighted by Gasteiger charge is 2.14. The van der Waals surface area contributed by atoms with E-state index in [1.54, 1.807) is 23.0 Å². The Labute approximate surface area is 124 Å². The van der Waals surface area contributed by atoms with Gasteiger partial charge in [-0.25, -0.2) is 13.6 Å². The van der Waals surface area contributed by atoms with Gasteiger partial charge >= 0.3 is 0 Å². The quantitative estimate of drug-likeness (QED) is 0.912. The maximum absolute atomic E-state index is 11.4. The average molecular weight is 309 g/mol. The van der Waals surface area contributed by atoms with Crippen LogP contribution in [0.15, 0.2) is 35.5 Å². The number of hydrogen-bond donors (Lipinski definition) is 1. The zero-order valence-corrected chi connectivity index (χ0v) is 13.1. The minimum atomic E-state index is -3.71. The minimum absolute atomic E-state index is 0.0972. The van der Waals surface area contributed by atoms with Crippen molar-refractivity contribution in [3.63, 3.8) is 0 Å². The molecule has 0 aliphatic heterocycles. The fraction of sp³-hybridized carbons (Fsp3) is 0.357. The molecular weight excluding hydrogens is 290 g/mol. The molecule has 0 radical (unpaired) electrons. The number of aryl methyl sites for hydroxylation is 1. The first-order chi connectivity index (χ1) is 9.77. The van der Waals surface area contributed by atoms with Gasteiger partial charge in [-0.05, 0) is 29.7 Å². The first-order valence-electron chi connectivity index (χ1n) is 6.54. The molecule has 0 atom stereocenters. The van der Waals surface area contributed by atoms with Crippen LogP contribution < -0.4 is 9.88 Å². The van der Waals surface area contributed by atoms with Gasteiger partial charge in [-0.1, -0.05) is 13.8 Å². The topological polar surface area (TPSA) is 87.2 Å². The molecule has 2 N–H and O–H groups in total. The van der Waals surface area contributed by atoms with Crippen LogP contribution in [0.1, 0.15) is 30.9 Å². The van der Waals surface area contributed by atoms with Crippen LogP contribution in [0.5, 0.6) is 5.75 Å². The van der Waals surface area contributed by atoms with Crippen molar-refractivity contribution in [1.82, 2.24) is 9.78 Å². The number of nitrogens with zero attached hydrogens (tertiary/aromatic N) is 2. The summed E-state index contributed by atoms with van der Waals surface area (Å²) >= 11 is 0. The van der Waals surface area contributed by atoms with Crippen molar-refractivity contribution in [2.24, 2.45) is 12.2 Å². The molecule has 0 aliphatic rings. The number of benzene rings is 1. The lowest BCUT2D eigenvalue weighted by atomic mass is 10.0. The fourth-order valence-electron chi connectivity index (χ4n) is 1.99. The molecule has 1 aromatic heterocycles. The van der Waals surface area contributed by atoms with Crippen molar-refractivity contribution in [3.8, 4) is 5.75 Å². The summed E-state index contributed by atoms with van der Waals surface area (Å²) in [6, 6.07) is 4.67. The number of rotatable bonds is 5. The van der Waals surface area contributed by atoms with Crippen LogP contribution in [-0.2, 0) is 23.7 Å². The van der Waals surface area contributed by atoms with Gasteiger partial charge in [0, 0.05) is 18.8 Å². The molecule has 2 rings (SSSR count). The number of hydrogen-bond acceptors (Lipinski definition) is 4. The van der Waals surface area contributed by atoms with Crippen molar-refractivity contribution in [2.45, 2.75) is 31.3 Å². The maximum atomic E-state index is 11.4. The summed E-state index contributed by atoms with van der Waals surface area (Å²) < 4.78 is 30.3. The predicted molar refractivity (Wildman–Crippen MR) is 79.4 cm³/mol. The van der Waals surface area contributed by atoms with E-state index >= 15 is 0 Å². The molecule has 1 heterocycles. The van der Waals surface area contributed by atoms with E-state index in [-0.39, 0.29) is 10.8 Å². The number of primary sulfonamides is 1. The molecule has 21 heavy (non-hydrogen) atoms. The van der Waals surface area contributed by atoms with Crippen LogP contribution in [0, 0.1) is 0 Å². The Kier molecular flexibility index (Phi) is 4.34. The molecule has 0 saturated heterocycles. The summed E-state index contributed by atoms with van der Waals surface area (Å²) in [6.45, 7) is 4.32. The van der Waals surface area contributed by atoms with E-state index in [0.717, 1.165) is 11.1 Å². The Balaban J connectivity index is 2.26. The Morgan fingerprint density at radius 2 is 2.10 bits per heavy atom. The maximum Gasteiger partial charge on any atom is 0.238 e. The Hall–Kier alpha value is -1.86. The third-order valence-electron chi connectivity index (χ3n) is 3.08. The lowest BCUT2D eigenvalue weighted by molar-refractivity contribution is 0.301. The summed E-state index contributed by atoms with van der Waals surface area (Å²) in [4.78, 5) is 0.0972.